The summed E-state index contributed by atoms with van der Waals surface area (Å²) in [6.07, 6.45) is 7.33. The Balaban J connectivity index is 1.33. The van der Waals surface area contributed by atoms with Crippen LogP contribution < -0.4 is 10.6 Å². The molecule has 0 saturated carbocycles. The number of rotatable bonds is 5. The minimum Gasteiger partial charge on any atom is -0.352 e. The summed E-state index contributed by atoms with van der Waals surface area (Å²) in [4.78, 5) is 28.0. The van der Waals surface area contributed by atoms with Crippen molar-refractivity contribution in [1.29, 1.82) is 5.26 Å². The van der Waals surface area contributed by atoms with Gasteiger partial charge in [0, 0.05) is 30.8 Å². The number of nitrogens with zero attached hydrogens (tertiary/aromatic N) is 2. The molecule has 1 aliphatic carbocycles. The zero-order chi connectivity index (χ0) is 23.2. The number of nitriles is 1. The van der Waals surface area contributed by atoms with Crippen LogP contribution in [-0.2, 0) is 9.59 Å². The second-order valence-corrected chi connectivity index (χ2v) is 9.57. The lowest BCUT2D eigenvalue weighted by molar-refractivity contribution is -0.128. The number of carbonyl (C=O) groups excluding carboxylic acids is 2. The Morgan fingerprint density at radius 1 is 1.09 bits per heavy atom. The molecule has 0 aromatic heterocycles. The summed E-state index contributed by atoms with van der Waals surface area (Å²) < 4.78 is 0. The number of carbonyl (C=O) groups is 2. The lowest BCUT2D eigenvalue weighted by Gasteiger charge is -2.33. The van der Waals surface area contributed by atoms with Gasteiger partial charge in [-0.3, -0.25) is 9.59 Å². The molecule has 4 rings (SSSR count). The molecule has 33 heavy (non-hydrogen) atoms. The number of hydrogen-bond acceptors (Lipinski definition) is 4. The molecule has 1 aromatic rings. The van der Waals surface area contributed by atoms with Crippen molar-refractivity contribution in [2.75, 3.05) is 32.7 Å². The van der Waals surface area contributed by atoms with Crippen molar-refractivity contribution in [2.24, 2.45) is 5.92 Å². The summed E-state index contributed by atoms with van der Waals surface area (Å²) in [5.41, 5.74) is 4.41. The molecule has 2 heterocycles. The zero-order valence-corrected chi connectivity index (χ0v) is 19.5. The van der Waals surface area contributed by atoms with Crippen molar-refractivity contribution in [1.82, 2.24) is 15.5 Å². The van der Waals surface area contributed by atoms with Crippen LogP contribution in [0.3, 0.4) is 0 Å². The van der Waals surface area contributed by atoms with Gasteiger partial charge in [0.05, 0.1) is 11.6 Å². The minimum atomic E-state index is -0.0458. The van der Waals surface area contributed by atoms with Gasteiger partial charge in [0.25, 0.3) is 5.91 Å². The highest BCUT2D eigenvalue weighted by atomic mass is 16.2. The quantitative estimate of drug-likeness (QED) is 0.726. The number of benzene rings is 1. The average Bonchev–Trinajstić information content (AvgIpc) is 2.88. The van der Waals surface area contributed by atoms with Gasteiger partial charge >= 0.3 is 0 Å². The zero-order valence-electron chi connectivity index (χ0n) is 19.5. The van der Waals surface area contributed by atoms with Gasteiger partial charge in [-0.2, -0.15) is 5.26 Å². The lowest BCUT2D eigenvalue weighted by Crippen LogP contribution is -2.39. The fourth-order valence-corrected chi connectivity index (χ4v) is 5.12. The molecule has 2 N–H and O–H groups in total. The first kappa shape index (κ1) is 23.3. The van der Waals surface area contributed by atoms with Crippen molar-refractivity contribution >= 4 is 11.8 Å². The molecule has 2 amide bonds. The van der Waals surface area contributed by atoms with Gasteiger partial charge in [0.1, 0.15) is 0 Å². The summed E-state index contributed by atoms with van der Waals surface area (Å²) in [7, 11) is 0. The van der Waals surface area contributed by atoms with Gasteiger partial charge in [0.2, 0.25) is 5.91 Å². The monoisotopic (exact) mass is 446 g/mol. The van der Waals surface area contributed by atoms with Gasteiger partial charge in [-0.05, 0) is 94.1 Å². The van der Waals surface area contributed by atoms with Crippen LogP contribution in [0.25, 0.3) is 0 Å². The van der Waals surface area contributed by atoms with Crippen molar-refractivity contribution < 1.29 is 9.59 Å². The Labute approximate surface area is 196 Å². The predicted octanol–water partition coefficient (Wildman–Crippen LogP) is 3.42. The molecule has 2 aliphatic heterocycles. The molecule has 174 valence electrons. The van der Waals surface area contributed by atoms with E-state index >= 15 is 0 Å². The predicted molar refractivity (Wildman–Crippen MR) is 128 cm³/mol. The summed E-state index contributed by atoms with van der Waals surface area (Å²) in [5, 5.41) is 15.5. The Hall–Kier alpha value is -2.91. The van der Waals surface area contributed by atoms with Gasteiger partial charge in [-0.25, -0.2) is 0 Å². The van der Waals surface area contributed by atoms with Crippen molar-refractivity contribution in [2.45, 2.75) is 51.4 Å². The Morgan fingerprint density at radius 3 is 2.45 bits per heavy atom. The first-order valence-electron chi connectivity index (χ1n) is 12.2. The number of likely N-dealkylation sites (tertiary alicyclic amines) is 1. The molecule has 3 aliphatic rings. The maximum Gasteiger partial charge on any atom is 0.251 e. The van der Waals surface area contributed by atoms with Crippen LogP contribution in [0.4, 0.5) is 0 Å². The molecule has 2 fully saturated rings. The van der Waals surface area contributed by atoms with Crippen molar-refractivity contribution in [3.63, 3.8) is 0 Å². The molecule has 6 nitrogen and oxygen atoms in total. The fourth-order valence-electron chi connectivity index (χ4n) is 5.12. The maximum atomic E-state index is 13.2. The van der Waals surface area contributed by atoms with E-state index in [0.717, 1.165) is 69.4 Å². The average molecular weight is 447 g/mol. The Morgan fingerprint density at radius 2 is 1.79 bits per heavy atom. The molecule has 0 bridgehead atoms. The summed E-state index contributed by atoms with van der Waals surface area (Å²) >= 11 is 0. The van der Waals surface area contributed by atoms with Crippen molar-refractivity contribution in [3.8, 4) is 6.07 Å². The number of nitrogens with one attached hydrogen (secondary N) is 2. The van der Waals surface area contributed by atoms with E-state index in [0.29, 0.717) is 35.9 Å². The van der Waals surface area contributed by atoms with E-state index in [1.807, 2.05) is 42.2 Å². The van der Waals surface area contributed by atoms with Gasteiger partial charge in [-0.1, -0.05) is 17.7 Å². The topological polar surface area (TPSA) is 85.2 Å². The lowest BCUT2D eigenvalue weighted by atomic mass is 9.87. The van der Waals surface area contributed by atoms with E-state index in [2.05, 4.69) is 16.7 Å². The molecule has 6 heteroatoms. The number of piperidine rings is 2. The van der Waals surface area contributed by atoms with Crippen molar-refractivity contribution in [3.05, 3.63) is 58.2 Å². The van der Waals surface area contributed by atoms with E-state index < -0.39 is 0 Å². The summed E-state index contributed by atoms with van der Waals surface area (Å²) in [6, 6.07) is 9.96. The third-order valence-electron chi connectivity index (χ3n) is 7.37. The van der Waals surface area contributed by atoms with Crippen LogP contribution in [0.1, 0.15) is 62.5 Å². The van der Waals surface area contributed by atoms with Gasteiger partial charge in [-0.15, -0.1) is 0 Å². The minimum absolute atomic E-state index is 0.0458. The van der Waals surface area contributed by atoms with E-state index in [-0.39, 0.29) is 11.8 Å². The smallest absolute Gasteiger partial charge is 0.251 e. The second-order valence-electron chi connectivity index (χ2n) is 9.57. The molecule has 0 spiro atoms. The molecule has 2 saturated heterocycles. The largest absolute Gasteiger partial charge is 0.352 e. The molecular weight excluding hydrogens is 412 g/mol. The first-order valence-corrected chi connectivity index (χ1v) is 12.2. The molecule has 1 aromatic carbocycles. The van der Waals surface area contributed by atoms with Gasteiger partial charge in [0.15, 0.2) is 0 Å². The van der Waals surface area contributed by atoms with Crippen LogP contribution >= 0.6 is 0 Å². The fraction of sp³-hybridized carbons (Fsp3) is 0.519. The van der Waals surface area contributed by atoms with E-state index in [1.54, 1.807) is 0 Å². The van der Waals surface area contributed by atoms with Crippen LogP contribution in [0, 0.1) is 17.2 Å². The summed E-state index contributed by atoms with van der Waals surface area (Å²) in [5.74, 6) is 0.975. The van der Waals surface area contributed by atoms with E-state index in [1.165, 1.54) is 5.56 Å². The van der Waals surface area contributed by atoms with Crippen LogP contribution in [0.2, 0.25) is 0 Å². The third-order valence-corrected chi connectivity index (χ3v) is 7.37. The first-order chi connectivity index (χ1) is 16.0. The number of allylic oxidation sites excluding steroid dienone is 1. The molecular formula is C27H34N4O2. The molecule has 0 radical (unpaired) electrons. The SMILES string of the molecule is CC1=C(C(=O)NCC2CCNCC2)C=C(C(=O)N2CCC(c3ccc(C#N)cc3)CC2)CC1. The second kappa shape index (κ2) is 10.8. The number of amides is 2. The summed E-state index contributed by atoms with van der Waals surface area (Å²) in [6.45, 7) is 6.18. The third kappa shape index (κ3) is 5.72. The highest BCUT2D eigenvalue weighted by Gasteiger charge is 2.28. The van der Waals surface area contributed by atoms with Crippen LogP contribution in [-0.4, -0.2) is 49.4 Å². The number of hydrogen-bond donors (Lipinski definition) is 2. The molecule has 0 unspecified atom stereocenters. The van der Waals surface area contributed by atoms with Crippen LogP contribution in [0.5, 0.6) is 0 Å². The standard InChI is InChI=1S/C27H34N4O2/c1-19-2-5-24(16-25(19)26(32)30-18-21-8-12-29-13-9-21)27(33)31-14-10-23(11-15-31)22-6-3-20(17-28)4-7-22/h3-4,6-7,16,21,23,29H,2,5,8-15,18H2,1H3,(H,30,32). The highest BCUT2D eigenvalue weighted by molar-refractivity contribution is 6.02. The highest BCUT2D eigenvalue weighted by Crippen LogP contribution is 2.31. The van der Waals surface area contributed by atoms with Crippen LogP contribution in [0.15, 0.2) is 47.1 Å². The van der Waals surface area contributed by atoms with E-state index in [4.69, 9.17) is 5.26 Å². The normalized spacial score (nSPS) is 20.2. The van der Waals surface area contributed by atoms with Gasteiger partial charge < -0.3 is 15.5 Å². The Kier molecular flexibility index (Phi) is 7.61. The maximum absolute atomic E-state index is 13.2. The molecule has 0 atom stereocenters. The van der Waals surface area contributed by atoms with E-state index in [9.17, 15) is 9.59 Å². The Bertz CT molecular complexity index is 972.